The molecule has 2 amide bonds. The molecule has 4 N–H and O–H groups in total. The topological polar surface area (TPSA) is 127 Å². The zero-order valence-corrected chi connectivity index (χ0v) is 14.3. The van der Waals surface area contributed by atoms with Crippen LogP contribution in [-0.2, 0) is 14.4 Å². The molecule has 1 aliphatic rings. The van der Waals surface area contributed by atoms with Gasteiger partial charge in [0.2, 0.25) is 11.8 Å². The fraction of sp³-hybridized carbons (Fsp3) is 0.812. The standard InChI is InChI=1S/C16H28N2O6/c1-3-6-12-16(24)15(23)11(17-10(2)19)9-18(12)13(20)7-4-5-8-14(21)22/h11-12,15-16,23-24H,3-9H2,1-2H3,(H,17,19)(H,21,22)/t11-,12+,15+,16-/m0/s1. The Morgan fingerprint density at radius 1 is 1.12 bits per heavy atom. The first kappa shape index (κ1) is 20.4. The summed E-state index contributed by atoms with van der Waals surface area (Å²) in [7, 11) is 0. The minimum Gasteiger partial charge on any atom is -0.481 e. The van der Waals surface area contributed by atoms with Crippen LogP contribution in [0.5, 0.6) is 0 Å². The van der Waals surface area contributed by atoms with Gasteiger partial charge in [0.15, 0.2) is 0 Å². The Kier molecular flexibility index (Phi) is 8.14. The maximum absolute atomic E-state index is 12.5. The minimum absolute atomic E-state index is 0.0154. The predicted octanol–water partition coefficient (Wildman–Crippen LogP) is -0.131. The molecule has 0 saturated carbocycles. The number of carboxylic acid groups (broad SMARTS) is 1. The molecule has 0 bridgehead atoms. The Hall–Kier alpha value is -1.67. The van der Waals surface area contributed by atoms with E-state index in [0.29, 0.717) is 19.3 Å². The zero-order chi connectivity index (χ0) is 18.3. The van der Waals surface area contributed by atoms with E-state index in [1.165, 1.54) is 11.8 Å². The summed E-state index contributed by atoms with van der Waals surface area (Å²) in [5, 5.41) is 31.7. The first-order valence-corrected chi connectivity index (χ1v) is 8.42. The van der Waals surface area contributed by atoms with Gasteiger partial charge in [-0.1, -0.05) is 13.3 Å². The fourth-order valence-electron chi connectivity index (χ4n) is 3.10. The number of nitrogens with one attached hydrogen (secondary N) is 1. The third kappa shape index (κ3) is 5.76. The van der Waals surface area contributed by atoms with Gasteiger partial charge in [0.05, 0.1) is 12.1 Å². The number of hydrogen-bond acceptors (Lipinski definition) is 5. The van der Waals surface area contributed by atoms with Crippen LogP contribution in [0.1, 0.15) is 52.4 Å². The van der Waals surface area contributed by atoms with E-state index in [9.17, 15) is 24.6 Å². The second-order valence-electron chi connectivity index (χ2n) is 6.29. The molecule has 0 aromatic carbocycles. The summed E-state index contributed by atoms with van der Waals surface area (Å²) in [4.78, 5) is 35.8. The number of aliphatic hydroxyl groups is 2. The molecule has 1 rings (SSSR count). The molecule has 1 aliphatic heterocycles. The van der Waals surface area contributed by atoms with E-state index in [0.717, 1.165) is 6.42 Å². The first-order valence-electron chi connectivity index (χ1n) is 8.42. The number of piperidine rings is 1. The van der Waals surface area contributed by atoms with Gasteiger partial charge in [-0.25, -0.2) is 0 Å². The normalized spacial score (nSPS) is 26.9. The maximum atomic E-state index is 12.5. The molecule has 4 atom stereocenters. The number of aliphatic hydroxyl groups excluding tert-OH is 2. The average Bonchev–Trinajstić information content (AvgIpc) is 2.50. The van der Waals surface area contributed by atoms with Crippen molar-refractivity contribution in [3.05, 3.63) is 0 Å². The second kappa shape index (κ2) is 9.58. The van der Waals surface area contributed by atoms with E-state index in [4.69, 9.17) is 5.11 Å². The van der Waals surface area contributed by atoms with Crippen molar-refractivity contribution >= 4 is 17.8 Å². The van der Waals surface area contributed by atoms with E-state index >= 15 is 0 Å². The van der Waals surface area contributed by atoms with Crippen LogP contribution >= 0.6 is 0 Å². The van der Waals surface area contributed by atoms with Gasteiger partial charge in [-0.15, -0.1) is 0 Å². The van der Waals surface area contributed by atoms with Crippen LogP contribution in [0.2, 0.25) is 0 Å². The van der Waals surface area contributed by atoms with E-state index in [1.807, 2.05) is 6.92 Å². The molecule has 0 radical (unpaired) electrons. The van der Waals surface area contributed by atoms with Crippen molar-refractivity contribution in [1.82, 2.24) is 10.2 Å². The number of nitrogens with zero attached hydrogens (tertiary/aromatic N) is 1. The van der Waals surface area contributed by atoms with Gasteiger partial charge in [-0.3, -0.25) is 14.4 Å². The molecular formula is C16H28N2O6. The van der Waals surface area contributed by atoms with Crippen LogP contribution in [0.3, 0.4) is 0 Å². The number of likely N-dealkylation sites (tertiary alicyclic amines) is 1. The van der Waals surface area contributed by atoms with Gasteiger partial charge in [0.25, 0.3) is 0 Å². The van der Waals surface area contributed by atoms with E-state index in [2.05, 4.69) is 5.32 Å². The largest absolute Gasteiger partial charge is 0.481 e. The molecule has 0 unspecified atom stereocenters. The van der Waals surface area contributed by atoms with Crippen molar-refractivity contribution in [2.24, 2.45) is 0 Å². The molecule has 0 aromatic heterocycles. The molecule has 8 nitrogen and oxygen atoms in total. The SMILES string of the molecule is CCC[C@@H]1[C@H](O)[C@H](O)[C@@H](NC(C)=O)CN1C(=O)CCCCC(=O)O. The molecule has 8 heteroatoms. The Morgan fingerprint density at radius 3 is 2.29 bits per heavy atom. The summed E-state index contributed by atoms with van der Waals surface area (Å²) >= 11 is 0. The van der Waals surface area contributed by atoms with Crippen LogP contribution < -0.4 is 5.32 Å². The molecule has 1 saturated heterocycles. The van der Waals surface area contributed by atoms with Crippen LogP contribution in [0.15, 0.2) is 0 Å². The fourth-order valence-corrected chi connectivity index (χ4v) is 3.10. The number of hydrogen-bond donors (Lipinski definition) is 4. The van der Waals surface area contributed by atoms with E-state index in [1.54, 1.807) is 0 Å². The van der Waals surface area contributed by atoms with Crippen LogP contribution in [0, 0.1) is 0 Å². The molecule has 0 aromatic rings. The number of unbranched alkanes of at least 4 members (excludes halogenated alkanes) is 1. The lowest BCUT2D eigenvalue weighted by Crippen LogP contribution is -2.66. The van der Waals surface area contributed by atoms with Crippen molar-refractivity contribution in [2.75, 3.05) is 6.54 Å². The summed E-state index contributed by atoms with van der Waals surface area (Å²) in [6.45, 7) is 3.38. The molecule has 1 heterocycles. The Bertz CT molecular complexity index is 456. The Morgan fingerprint density at radius 2 is 1.75 bits per heavy atom. The van der Waals surface area contributed by atoms with Crippen LogP contribution in [0.25, 0.3) is 0 Å². The van der Waals surface area contributed by atoms with Gasteiger partial charge in [0.1, 0.15) is 12.2 Å². The van der Waals surface area contributed by atoms with Crippen LogP contribution in [-0.4, -0.2) is 68.8 Å². The second-order valence-corrected chi connectivity index (χ2v) is 6.29. The van der Waals surface area contributed by atoms with Crippen molar-refractivity contribution in [1.29, 1.82) is 0 Å². The summed E-state index contributed by atoms with van der Waals surface area (Å²) in [5.74, 6) is -1.43. The lowest BCUT2D eigenvalue weighted by molar-refractivity contribution is -0.151. The highest BCUT2D eigenvalue weighted by Gasteiger charge is 2.43. The van der Waals surface area contributed by atoms with Crippen molar-refractivity contribution < 1.29 is 29.7 Å². The zero-order valence-electron chi connectivity index (χ0n) is 14.3. The molecule has 1 fully saturated rings. The molecule has 0 aliphatic carbocycles. The van der Waals surface area contributed by atoms with Gasteiger partial charge in [-0.05, 0) is 19.3 Å². The summed E-state index contributed by atoms with van der Waals surface area (Å²) < 4.78 is 0. The molecule has 138 valence electrons. The van der Waals surface area contributed by atoms with E-state index in [-0.39, 0.29) is 31.2 Å². The predicted molar refractivity (Wildman–Crippen MR) is 86.1 cm³/mol. The van der Waals surface area contributed by atoms with Gasteiger partial charge in [0, 0.05) is 26.3 Å². The Labute approximate surface area is 141 Å². The van der Waals surface area contributed by atoms with Crippen molar-refractivity contribution in [2.45, 2.75) is 76.7 Å². The van der Waals surface area contributed by atoms with E-state index < -0.39 is 30.3 Å². The van der Waals surface area contributed by atoms with Crippen LogP contribution in [0.4, 0.5) is 0 Å². The van der Waals surface area contributed by atoms with Crippen molar-refractivity contribution in [3.8, 4) is 0 Å². The highest BCUT2D eigenvalue weighted by atomic mass is 16.4. The third-order valence-corrected chi connectivity index (χ3v) is 4.27. The van der Waals surface area contributed by atoms with Gasteiger partial charge < -0.3 is 25.5 Å². The first-order chi connectivity index (χ1) is 11.3. The molecular weight excluding hydrogens is 316 g/mol. The minimum atomic E-state index is -1.13. The number of carbonyl (C=O) groups is 3. The number of aliphatic carboxylic acids is 1. The highest BCUT2D eigenvalue weighted by Crippen LogP contribution is 2.24. The third-order valence-electron chi connectivity index (χ3n) is 4.27. The summed E-state index contributed by atoms with van der Waals surface area (Å²) in [5.41, 5.74) is 0. The molecule has 0 spiro atoms. The lowest BCUT2D eigenvalue weighted by atomic mass is 9.89. The summed E-state index contributed by atoms with van der Waals surface area (Å²) in [6, 6.07) is -1.21. The highest BCUT2D eigenvalue weighted by molar-refractivity contribution is 5.77. The number of amides is 2. The maximum Gasteiger partial charge on any atom is 0.303 e. The number of rotatable bonds is 8. The van der Waals surface area contributed by atoms with Gasteiger partial charge in [-0.2, -0.15) is 0 Å². The average molecular weight is 344 g/mol. The van der Waals surface area contributed by atoms with Crippen molar-refractivity contribution in [3.63, 3.8) is 0 Å². The number of carbonyl (C=O) groups excluding carboxylic acids is 2. The quantitative estimate of drug-likeness (QED) is 0.454. The lowest BCUT2D eigenvalue weighted by Gasteiger charge is -2.45. The van der Waals surface area contributed by atoms with Gasteiger partial charge >= 0.3 is 5.97 Å². The Balaban J connectivity index is 2.75. The molecule has 24 heavy (non-hydrogen) atoms. The monoisotopic (exact) mass is 344 g/mol. The number of carboxylic acids is 1. The smallest absolute Gasteiger partial charge is 0.303 e. The summed E-state index contributed by atoms with van der Waals surface area (Å²) in [6.07, 6.45) is 0.0934.